The summed E-state index contributed by atoms with van der Waals surface area (Å²) < 4.78 is 10.5. The highest BCUT2D eigenvalue weighted by molar-refractivity contribution is 7.13. The van der Waals surface area contributed by atoms with Crippen molar-refractivity contribution in [2.24, 2.45) is 0 Å². The molecule has 2 N–H and O–H groups in total. The normalized spacial score (nSPS) is 17.4. The van der Waals surface area contributed by atoms with Crippen LogP contribution in [0.2, 0.25) is 0 Å². The molecule has 1 saturated heterocycles. The van der Waals surface area contributed by atoms with Crippen LogP contribution >= 0.6 is 11.3 Å². The van der Waals surface area contributed by atoms with E-state index in [2.05, 4.69) is 11.2 Å². The summed E-state index contributed by atoms with van der Waals surface area (Å²) >= 11 is 1.66. The Morgan fingerprint density at radius 1 is 1.35 bits per heavy atom. The van der Waals surface area contributed by atoms with E-state index in [9.17, 15) is 0 Å². The van der Waals surface area contributed by atoms with Crippen molar-refractivity contribution in [2.45, 2.75) is 18.8 Å². The van der Waals surface area contributed by atoms with Crippen LogP contribution in [0, 0.1) is 0 Å². The molecule has 0 unspecified atom stereocenters. The maximum absolute atomic E-state index is 5.89. The van der Waals surface area contributed by atoms with Crippen LogP contribution in [0.3, 0.4) is 0 Å². The van der Waals surface area contributed by atoms with Gasteiger partial charge in [-0.3, -0.25) is 0 Å². The Kier molecular flexibility index (Phi) is 2.86. The van der Waals surface area contributed by atoms with Crippen LogP contribution in [-0.2, 0) is 4.74 Å². The molecule has 3 rings (SSSR count). The third-order valence-electron chi connectivity index (χ3n) is 3.12. The van der Waals surface area contributed by atoms with Gasteiger partial charge in [-0.05, 0) is 24.3 Å². The van der Waals surface area contributed by atoms with Crippen molar-refractivity contribution in [3.63, 3.8) is 0 Å². The van der Waals surface area contributed by atoms with Crippen LogP contribution in [-0.4, -0.2) is 18.4 Å². The summed E-state index contributed by atoms with van der Waals surface area (Å²) in [4.78, 5) is 1.13. The molecule has 0 bridgehead atoms. The van der Waals surface area contributed by atoms with Crippen LogP contribution in [0.25, 0.3) is 10.4 Å². The van der Waals surface area contributed by atoms with Gasteiger partial charge in [0.1, 0.15) is 0 Å². The van der Waals surface area contributed by atoms with Crippen LogP contribution in [0.5, 0.6) is 0 Å². The van der Waals surface area contributed by atoms with Crippen molar-refractivity contribution >= 4 is 17.2 Å². The number of rotatable bonds is 2. The summed E-state index contributed by atoms with van der Waals surface area (Å²) in [6.45, 7) is 1.59. The van der Waals surface area contributed by atoms with Gasteiger partial charge in [-0.15, -0.1) is 11.3 Å². The summed E-state index contributed by atoms with van der Waals surface area (Å²) in [5.41, 5.74) is 7.86. The Labute approximate surface area is 103 Å². The molecule has 0 saturated carbocycles. The average Bonchev–Trinajstić information content (AvgIpc) is 2.99. The smallest absolute Gasteiger partial charge is 0.231 e. The van der Waals surface area contributed by atoms with Crippen molar-refractivity contribution in [3.8, 4) is 10.4 Å². The van der Waals surface area contributed by atoms with Crippen molar-refractivity contribution < 1.29 is 9.26 Å². The summed E-state index contributed by atoms with van der Waals surface area (Å²) in [5.74, 6) is 0.829. The van der Waals surface area contributed by atoms with Gasteiger partial charge < -0.3 is 15.0 Å². The zero-order valence-corrected chi connectivity index (χ0v) is 10.2. The topological polar surface area (TPSA) is 61.3 Å². The molecule has 0 aromatic carbocycles. The van der Waals surface area contributed by atoms with Crippen LogP contribution in [0.15, 0.2) is 22.0 Å². The lowest BCUT2D eigenvalue weighted by Crippen LogP contribution is -2.14. The minimum Gasteiger partial charge on any atom is -0.381 e. The number of nitrogens with zero attached hydrogens (tertiary/aromatic N) is 1. The fourth-order valence-electron chi connectivity index (χ4n) is 2.23. The molecule has 1 fully saturated rings. The molecule has 0 spiro atoms. The van der Waals surface area contributed by atoms with Crippen molar-refractivity contribution in [1.82, 2.24) is 5.16 Å². The molecule has 17 heavy (non-hydrogen) atoms. The van der Waals surface area contributed by atoms with Gasteiger partial charge in [0, 0.05) is 24.0 Å². The molecular formula is C12H14N2O2S. The van der Waals surface area contributed by atoms with Crippen LogP contribution in [0.4, 0.5) is 5.88 Å². The predicted octanol–water partition coefficient (Wildman–Crippen LogP) is 2.88. The molecule has 5 heteroatoms. The number of thiophene rings is 1. The monoisotopic (exact) mass is 250 g/mol. The van der Waals surface area contributed by atoms with E-state index in [0.29, 0.717) is 11.8 Å². The first-order chi connectivity index (χ1) is 8.36. The van der Waals surface area contributed by atoms with E-state index in [1.807, 2.05) is 11.4 Å². The number of hydrogen-bond acceptors (Lipinski definition) is 5. The SMILES string of the molecule is Nc1onc(C2CCOCC2)c1-c1cccs1. The number of ether oxygens (including phenoxy) is 1. The van der Waals surface area contributed by atoms with Crippen molar-refractivity contribution in [1.29, 1.82) is 0 Å². The second kappa shape index (κ2) is 4.50. The summed E-state index contributed by atoms with van der Waals surface area (Å²) in [7, 11) is 0. The highest BCUT2D eigenvalue weighted by atomic mass is 32.1. The van der Waals surface area contributed by atoms with E-state index >= 15 is 0 Å². The van der Waals surface area contributed by atoms with E-state index in [-0.39, 0.29) is 0 Å². The maximum atomic E-state index is 5.89. The lowest BCUT2D eigenvalue weighted by Gasteiger charge is -2.20. The van der Waals surface area contributed by atoms with Gasteiger partial charge in [-0.25, -0.2) is 0 Å². The quantitative estimate of drug-likeness (QED) is 0.890. The summed E-state index contributed by atoms with van der Waals surface area (Å²) in [6.07, 6.45) is 1.98. The molecular weight excluding hydrogens is 236 g/mol. The van der Waals surface area contributed by atoms with Crippen LogP contribution in [0.1, 0.15) is 24.5 Å². The molecule has 90 valence electrons. The average molecular weight is 250 g/mol. The van der Waals surface area contributed by atoms with E-state index in [4.69, 9.17) is 15.0 Å². The van der Waals surface area contributed by atoms with E-state index in [0.717, 1.165) is 42.2 Å². The minimum absolute atomic E-state index is 0.405. The van der Waals surface area contributed by atoms with Gasteiger partial charge in [0.25, 0.3) is 0 Å². The van der Waals surface area contributed by atoms with Crippen LogP contribution < -0.4 is 5.73 Å². The van der Waals surface area contributed by atoms with Gasteiger partial charge >= 0.3 is 0 Å². The Morgan fingerprint density at radius 2 is 2.18 bits per heavy atom. The highest BCUT2D eigenvalue weighted by Crippen LogP contribution is 2.39. The standard InChI is InChI=1S/C12H14N2O2S/c13-12-10(9-2-1-7-17-9)11(14-16-12)8-3-5-15-6-4-8/h1-2,7-8H,3-6,13H2. The zero-order chi connectivity index (χ0) is 11.7. The van der Waals surface area contributed by atoms with E-state index in [1.54, 1.807) is 11.3 Å². The number of nitrogen functional groups attached to an aromatic ring is 1. The number of nitrogens with two attached hydrogens (primary N) is 1. The molecule has 1 aliphatic rings. The molecule has 4 nitrogen and oxygen atoms in total. The summed E-state index contributed by atoms with van der Waals surface area (Å²) in [6, 6.07) is 4.07. The van der Waals surface area contributed by atoms with Gasteiger partial charge in [0.05, 0.1) is 11.3 Å². The minimum atomic E-state index is 0.405. The van der Waals surface area contributed by atoms with Crippen molar-refractivity contribution in [2.75, 3.05) is 18.9 Å². The summed E-state index contributed by atoms with van der Waals surface area (Å²) in [5, 5.41) is 6.18. The predicted molar refractivity (Wildman–Crippen MR) is 67.0 cm³/mol. The molecule has 3 heterocycles. The Bertz CT molecular complexity index is 487. The number of hydrogen-bond donors (Lipinski definition) is 1. The van der Waals surface area contributed by atoms with Gasteiger partial charge in [0.15, 0.2) is 0 Å². The van der Waals surface area contributed by atoms with E-state index in [1.165, 1.54) is 0 Å². The second-order valence-electron chi connectivity index (χ2n) is 4.17. The molecule has 2 aromatic heterocycles. The second-order valence-corrected chi connectivity index (χ2v) is 5.12. The van der Waals surface area contributed by atoms with E-state index < -0.39 is 0 Å². The molecule has 0 aliphatic carbocycles. The largest absolute Gasteiger partial charge is 0.381 e. The molecule has 0 atom stereocenters. The van der Waals surface area contributed by atoms with Gasteiger partial charge in [-0.1, -0.05) is 11.2 Å². The number of anilines is 1. The lowest BCUT2D eigenvalue weighted by atomic mass is 9.93. The molecule has 0 radical (unpaired) electrons. The Hall–Kier alpha value is -1.33. The fraction of sp³-hybridized carbons (Fsp3) is 0.417. The van der Waals surface area contributed by atoms with Gasteiger partial charge in [0.2, 0.25) is 5.88 Å². The maximum Gasteiger partial charge on any atom is 0.231 e. The number of aromatic nitrogens is 1. The third-order valence-corrected chi connectivity index (χ3v) is 4.01. The van der Waals surface area contributed by atoms with Gasteiger partial charge in [-0.2, -0.15) is 0 Å². The fourth-order valence-corrected chi connectivity index (χ4v) is 3.02. The van der Waals surface area contributed by atoms with Crippen molar-refractivity contribution in [3.05, 3.63) is 23.2 Å². The first-order valence-electron chi connectivity index (χ1n) is 5.73. The highest BCUT2D eigenvalue weighted by Gasteiger charge is 2.25. The molecule has 0 amide bonds. The lowest BCUT2D eigenvalue weighted by molar-refractivity contribution is 0.0839. The molecule has 2 aromatic rings. The first kappa shape index (κ1) is 10.8. The Morgan fingerprint density at radius 3 is 2.88 bits per heavy atom. The first-order valence-corrected chi connectivity index (χ1v) is 6.61. The third kappa shape index (κ3) is 1.96. The zero-order valence-electron chi connectivity index (χ0n) is 9.39. The Balaban J connectivity index is 1.99. The molecule has 1 aliphatic heterocycles.